The molecule has 1 aromatic heterocycles. The van der Waals surface area contributed by atoms with Crippen LogP contribution in [0.1, 0.15) is 34.0 Å². The van der Waals surface area contributed by atoms with E-state index in [1.54, 1.807) is 29.5 Å². The van der Waals surface area contributed by atoms with Gasteiger partial charge in [0.1, 0.15) is 10.7 Å². The summed E-state index contributed by atoms with van der Waals surface area (Å²) in [5.74, 6) is -0.149. The molecule has 2 aromatic rings. The van der Waals surface area contributed by atoms with E-state index in [0.717, 1.165) is 10.6 Å². The fourth-order valence-corrected chi connectivity index (χ4v) is 2.85. The minimum absolute atomic E-state index is 0.149. The lowest BCUT2D eigenvalue weighted by molar-refractivity contribution is 0.0780. The van der Waals surface area contributed by atoms with Crippen molar-refractivity contribution in [3.05, 3.63) is 49.9 Å². The topological polar surface area (TPSA) is 59.2 Å². The van der Waals surface area contributed by atoms with Gasteiger partial charge in [0.25, 0.3) is 5.91 Å². The molecule has 0 spiro atoms. The Hall–Kier alpha value is -1.14. The van der Waals surface area contributed by atoms with Gasteiger partial charge >= 0.3 is 0 Å². The van der Waals surface area contributed by atoms with Gasteiger partial charge in [0, 0.05) is 19.0 Å². The molecule has 0 saturated heterocycles. The van der Waals surface area contributed by atoms with E-state index in [-0.39, 0.29) is 11.9 Å². The van der Waals surface area contributed by atoms with Crippen LogP contribution in [0.4, 0.5) is 0 Å². The molecule has 21 heavy (non-hydrogen) atoms. The van der Waals surface area contributed by atoms with Gasteiger partial charge in [-0.15, -0.1) is 11.3 Å². The summed E-state index contributed by atoms with van der Waals surface area (Å²) in [6.45, 7) is 2.27. The van der Waals surface area contributed by atoms with Crippen LogP contribution in [0.15, 0.2) is 23.6 Å². The van der Waals surface area contributed by atoms with E-state index in [4.69, 9.17) is 28.9 Å². The lowest BCUT2D eigenvalue weighted by Crippen LogP contribution is -2.26. The second kappa shape index (κ2) is 6.75. The number of carbonyl (C=O) groups excluding carboxylic acids is 1. The molecule has 0 saturated carbocycles. The number of hydrogen-bond donors (Lipinski definition) is 1. The number of thiazole rings is 1. The third-order valence-corrected chi connectivity index (χ3v) is 4.67. The smallest absolute Gasteiger partial charge is 0.273 e. The highest BCUT2D eigenvalue weighted by Gasteiger charge is 2.17. The monoisotopic (exact) mass is 343 g/mol. The maximum atomic E-state index is 12.3. The summed E-state index contributed by atoms with van der Waals surface area (Å²) in [6.07, 6.45) is 0. The summed E-state index contributed by atoms with van der Waals surface area (Å²) < 4.78 is 0. The molecule has 2 N–H and O–H groups in total. The minimum atomic E-state index is -0.170. The number of hydrogen-bond acceptors (Lipinski definition) is 4. The van der Waals surface area contributed by atoms with Gasteiger partial charge in [0.2, 0.25) is 0 Å². The fourth-order valence-electron chi connectivity index (χ4n) is 1.77. The summed E-state index contributed by atoms with van der Waals surface area (Å²) in [5, 5.41) is 3.45. The molecule has 0 bridgehead atoms. The minimum Gasteiger partial charge on any atom is -0.336 e. The quantitative estimate of drug-likeness (QED) is 0.919. The number of nitrogens with two attached hydrogens (primary N) is 1. The molecule has 7 heteroatoms. The molecule has 0 aliphatic heterocycles. The lowest BCUT2D eigenvalue weighted by Gasteiger charge is -2.16. The summed E-state index contributed by atoms with van der Waals surface area (Å²) in [4.78, 5) is 18.1. The number of amides is 1. The van der Waals surface area contributed by atoms with Crippen LogP contribution < -0.4 is 5.73 Å². The Morgan fingerprint density at radius 2 is 2.14 bits per heavy atom. The van der Waals surface area contributed by atoms with Crippen LogP contribution in [0.3, 0.4) is 0 Å². The van der Waals surface area contributed by atoms with Crippen molar-refractivity contribution in [2.24, 2.45) is 5.73 Å². The standard InChI is InChI=1S/C14H15Cl2N3OS/c1-8(17)13-18-12(7-21-13)14(20)19(2)6-9-3-4-10(15)11(16)5-9/h3-5,7-8H,6,17H2,1-2H3. The first-order valence-corrected chi connectivity index (χ1v) is 7.92. The van der Waals surface area contributed by atoms with Crippen LogP contribution >= 0.6 is 34.5 Å². The highest BCUT2D eigenvalue weighted by Crippen LogP contribution is 2.23. The van der Waals surface area contributed by atoms with Crippen LogP contribution in [0, 0.1) is 0 Å². The van der Waals surface area contributed by atoms with Crippen molar-refractivity contribution in [2.75, 3.05) is 7.05 Å². The first-order chi connectivity index (χ1) is 9.88. The number of rotatable bonds is 4. The molecule has 1 heterocycles. The molecule has 0 fully saturated rings. The zero-order valence-electron chi connectivity index (χ0n) is 11.6. The SMILES string of the molecule is CC(N)c1nc(C(=O)N(C)Cc2ccc(Cl)c(Cl)c2)cs1. The van der Waals surface area contributed by atoms with Crippen molar-refractivity contribution in [1.82, 2.24) is 9.88 Å². The number of aromatic nitrogens is 1. The van der Waals surface area contributed by atoms with Crippen LogP contribution in [-0.2, 0) is 6.54 Å². The van der Waals surface area contributed by atoms with Crippen molar-refractivity contribution < 1.29 is 4.79 Å². The Morgan fingerprint density at radius 1 is 1.43 bits per heavy atom. The van der Waals surface area contributed by atoms with Gasteiger partial charge in [-0.1, -0.05) is 29.3 Å². The van der Waals surface area contributed by atoms with E-state index in [1.807, 2.05) is 13.0 Å². The molecule has 0 aliphatic carbocycles. The van der Waals surface area contributed by atoms with Gasteiger partial charge in [0.15, 0.2) is 0 Å². The predicted molar refractivity (Wildman–Crippen MR) is 87.0 cm³/mol. The first kappa shape index (κ1) is 16.2. The largest absolute Gasteiger partial charge is 0.336 e. The molecule has 1 unspecified atom stereocenters. The third kappa shape index (κ3) is 3.95. The Balaban J connectivity index is 2.09. The predicted octanol–water partition coefficient (Wildman–Crippen LogP) is 3.74. The van der Waals surface area contributed by atoms with Crippen LogP contribution in [-0.4, -0.2) is 22.8 Å². The zero-order valence-corrected chi connectivity index (χ0v) is 14.0. The molecule has 112 valence electrons. The Kier molecular flexibility index (Phi) is 5.22. The van der Waals surface area contributed by atoms with Crippen molar-refractivity contribution in [2.45, 2.75) is 19.5 Å². The van der Waals surface area contributed by atoms with E-state index >= 15 is 0 Å². The highest BCUT2D eigenvalue weighted by molar-refractivity contribution is 7.09. The number of nitrogens with zero attached hydrogens (tertiary/aromatic N) is 2. The Bertz CT molecular complexity index is 657. The number of halogens is 2. The second-order valence-corrected chi connectivity index (χ2v) is 6.47. The van der Waals surface area contributed by atoms with Gasteiger partial charge < -0.3 is 10.6 Å². The van der Waals surface area contributed by atoms with Crippen LogP contribution in [0.25, 0.3) is 0 Å². The summed E-state index contributed by atoms with van der Waals surface area (Å²) >= 11 is 13.2. The molecule has 4 nitrogen and oxygen atoms in total. The molecule has 1 atom stereocenters. The number of carbonyl (C=O) groups is 1. The lowest BCUT2D eigenvalue weighted by atomic mass is 10.2. The van der Waals surface area contributed by atoms with Crippen molar-refractivity contribution in [1.29, 1.82) is 0 Å². The number of benzene rings is 1. The maximum Gasteiger partial charge on any atom is 0.273 e. The van der Waals surface area contributed by atoms with Gasteiger partial charge in [-0.2, -0.15) is 0 Å². The normalized spacial score (nSPS) is 12.2. The molecule has 0 radical (unpaired) electrons. The molecular weight excluding hydrogens is 329 g/mol. The van der Waals surface area contributed by atoms with Crippen LogP contribution in [0.2, 0.25) is 10.0 Å². The van der Waals surface area contributed by atoms with Crippen molar-refractivity contribution >= 4 is 40.4 Å². The molecule has 2 rings (SSSR count). The fraction of sp³-hybridized carbons (Fsp3) is 0.286. The van der Waals surface area contributed by atoms with Gasteiger partial charge in [0.05, 0.1) is 16.1 Å². The third-order valence-electron chi connectivity index (χ3n) is 2.88. The van der Waals surface area contributed by atoms with Crippen molar-refractivity contribution in [3.8, 4) is 0 Å². The average Bonchev–Trinajstić information content (AvgIpc) is 2.92. The maximum absolute atomic E-state index is 12.3. The summed E-state index contributed by atoms with van der Waals surface area (Å²) in [6, 6.07) is 5.14. The van der Waals surface area contributed by atoms with Crippen molar-refractivity contribution in [3.63, 3.8) is 0 Å². The van der Waals surface area contributed by atoms with E-state index in [9.17, 15) is 4.79 Å². The van der Waals surface area contributed by atoms with E-state index in [1.165, 1.54) is 11.3 Å². The first-order valence-electron chi connectivity index (χ1n) is 6.29. The summed E-state index contributed by atoms with van der Waals surface area (Å²) in [7, 11) is 1.72. The van der Waals surface area contributed by atoms with E-state index in [0.29, 0.717) is 22.3 Å². The molecule has 1 aromatic carbocycles. The Labute approximate surface area is 137 Å². The molecular formula is C14H15Cl2N3OS. The highest BCUT2D eigenvalue weighted by atomic mass is 35.5. The summed E-state index contributed by atoms with van der Waals surface area (Å²) in [5.41, 5.74) is 7.07. The Morgan fingerprint density at radius 3 is 2.71 bits per heavy atom. The van der Waals surface area contributed by atoms with Gasteiger partial charge in [-0.05, 0) is 24.6 Å². The van der Waals surface area contributed by atoms with Gasteiger partial charge in [-0.25, -0.2) is 4.98 Å². The van der Waals surface area contributed by atoms with Gasteiger partial charge in [-0.3, -0.25) is 4.79 Å². The van der Waals surface area contributed by atoms with E-state index in [2.05, 4.69) is 4.98 Å². The average molecular weight is 344 g/mol. The van der Waals surface area contributed by atoms with Crippen LogP contribution in [0.5, 0.6) is 0 Å². The van der Waals surface area contributed by atoms with E-state index < -0.39 is 0 Å². The molecule has 0 aliphatic rings. The molecule has 1 amide bonds. The zero-order chi connectivity index (χ0) is 15.6. The second-order valence-electron chi connectivity index (χ2n) is 4.77.